The molecular formula is C15H15N5O. The summed E-state index contributed by atoms with van der Waals surface area (Å²) in [6, 6.07) is 11.6. The molecule has 2 aromatic heterocycles. The first kappa shape index (κ1) is 13.4. The molecule has 0 aliphatic carbocycles. The molecule has 0 bridgehead atoms. The standard InChI is InChI=1S/C15H15N5O/c1-21-9-11-8-13(20-16)19-15(18-11)12-6-2-4-10-5-3-7-17-14(10)12/h2-8H,9,16H2,1H3,(H,18,19,20). The van der Waals surface area contributed by atoms with Gasteiger partial charge in [0.1, 0.15) is 5.82 Å². The molecule has 6 nitrogen and oxygen atoms in total. The Bertz CT molecular complexity index is 770. The summed E-state index contributed by atoms with van der Waals surface area (Å²) in [5, 5.41) is 1.04. The predicted octanol–water partition coefficient (Wildman–Crippen LogP) is 2.12. The largest absolute Gasteiger partial charge is 0.378 e. The van der Waals surface area contributed by atoms with E-state index in [2.05, 4.69) is 20.4 Å². The number of anilines is 1. The maximum absolute atomic E-state index is 5.48. The lowest BCUT2D eigenvalue weighted by Crippen LogP contribution is -2.11. The van der Waals surface area contributed by atoms with E-state index in [-0.39, 0.29) is 0 Å². The molecule has 1 aromatic carbocycles. The summed E-state index contributed by atoms with van der Waals surface area (Å²) in [4.78, 5) is 13.4. The van der Waals surface area contributed by atoms with E-state index in [4.69, 9.17) is 10.6 Å². The van der Waals surface area contributed by atoms with Gasteiger partial charge in [-0.25, -0.2) is 15.8 Å². The van der Waals surface area contributed by atoms with Crippen molar-refractivity contribution in [3.8, 4) is 11.4 Å². The van der Waals surface area contributed by atoms with Gasteiger partial charge in [-0.05, 0) is 12.1 Å². The van der Waals surface area contributed by atoms with Gasteiger partial charge >= 0.3 is 0 Å². The van der Waals surface area contributed by atoms with Crippen molar-refractivity contribution in [2.24, 2.45) is 5.84 Å². The molecule has 6 heteroatoms. The Morgan fingerprint density at radius 3 is 2.86 bits per heavy atom. The van der Waals surface area contributed by atoms with E-state index in [1.165, 1.54) is 0 Å². The normalized spacial score (nSPS) is 10.8. The molecule has 106 valence electrons. The molecule has 0 amide bonds. The topological polar surface area (TPSA) is 86.0 Å². The summed E-state index contributed by atoms with van der Waals surface area (Å²) in [5.41, 5.74) is 5.03. The Kier molecular flexibility index (Phi) is 3.72. The zero-order valence-electron chi connectivity index (χ0n) is 11.6. The highest BCUT2D eigenvalue weighted by atomic mass is 16.5. The van der Waals surface area contributed by atoms with Gasteiger partial charge in [-0.2, -0.15) is 0 Å². The van der Waals surface area contributed by atoms with Gasteiger partial charge in [0.05, 0.1) is 17.8 Å². The molecule has 0 aliphatic rings. The van der Waals surface area contributed by atoms with Crippen molar-refractivity contribution in [1.29, 1.82) is 0 Å². The van der Waals surface area contributed by atoms with E-state index >= 15 is 0 Å². The van der Waals surface area contributed by atoms with E-state index in [9.17, 15) is 0 Å². The Morgan fingerprint density at radius 2 is 2.05 bits per heavy atom. The van der Waals surface area contributed by atoms with Crippen molar-refractivity contribution in [3.63, 3.8) is 0 Å². The first-order valence-electron chi connectivity index (χ1n) is 6.49. The van der Waals surface area contributed by atoms with E-state index in [1.807, 2.05) is 30.3 Å². The number of pyridine rings is 1. The Labute approximate surface area is 122 Å². The van der Waals surface area contributed by atoms with Crippen LogP contribution in [0.2, 0.25) is 0 Å². The van der Waals surface area contributed by atoms with E-state index < -0.39 is 0 Å². The van der Waals surface area contributed by atoms with Crippen molar-refractivity contribution < 1.29 is 4.74 Å². The average molecular weight is 281 g/mol. The number of hydrogen-bond acceptors (Lipinski definition) is 6. The first-order valence-corrected chi connectivity index (χ1v) is 6.49. The van der Waals surface area contributed by atoms with Crippen LogP contribution in [0.5, 0.6) is 0 Å². The van der Waals surface area contributed by atoms with Crippen molar-refractivity contribution in [3.05, 3.63) is 48.3 Å². The smallest absolute Gasteiger partial charge is 0.164 e. The first-order chi connectivity index (χ1) is 10.3. The van der Waals surface area contributed by atoms with Gasteiger partial charge in [0.2, 0.25) is 0 Å². The van der Waals surface area contributed by atoms with Gasteiger partial charge in [-0.15, -0.1) is 0 Å². The fraction of sp³-hybridized carbons (Fsp3) is 0.133. The lowest BCUT2D eigenvalue weighted by Gasteiger charge is -2.09. The Balaban J connectivity index is 2.20. The molecule has 3 aromatic rings. The van der Waals surface area contributed by atoms with Crippen molar-refractivity contribution in [2.45, 2.75) is 6.61 Å². The number of hydrogen-bond donors (Lipinski definition) is 2. The number of nitrogen functional groups attached to an aromatic ring is 1. The molecule has 0 saturated carbocycles. The number of para-hydroxylation sites is 1. The number of nitrogens with zero attached hydrogens (tertiary/aromatic N) is 3. The van der Waals surface area contributed by atoms with Gasteiger partial charge < -0.3 is 10.2 Å². The zero-order valence-corrected chi connectivity index (χ0v) is 11.6. The van der Waals surface area contributed by atoms with Crippen LogP contribution in [0.25, 0.3) is 22.3 Å². The van der Waals surface area contributed by atoms with E-state index in [1.54, 1.807) is 19.4 Å². The fourth-order valence-electron chi connectivity index (χ4n) is 2.20. The summed E-state index contributed by atoms with van der Waals surface area (Å²) in [6.45, 7) is 0.391. The highest BCUT2D eigenvalue weighted by molar-refractivity contribution is 5.91. The van der Waals surface area contributed by atoms with Crippen LogP contribution < -0.4 is 11.3 Å². The third kappa shape index (κ3) is 2.67. The third-order valence-corrected chi connectivity index (χ3v) is 3.09. The maximum Gasteiger partial charge on any atom is 0.164 e. The molecule has 0 unspecified atom stereocenters. The fourth-order valence-corrected chi connectivity index (χ4v) is 2.20. The molecule has 3 N–H and O–H groups in total. The van der Waals surface area contributed by atoms with Gasteiger partial charge in [-0.3, -0.25) is 4.98 Å². The van der Waals surface area contributed by atoms with Crippen molar-refractivity contribution in [1.82, 2.24) is 15.0 Å². The predicted molar refractivity (Wildman–Crippen MR) is 81.3 cm³/mol. The Morgan fingerprint density at radius 1 is 1.19 bits per heavy atom. The van der Waals surface area contributed by atoms with Crippen LogP contribution in [0.1, 0.15) is 5.69 Å². The third-order valence-electron chi connectivity index (χ3n) is 3.09. The monoisotopic (exact) mass is 281 g/mol. The molecule has 0 aliphatic heterocycles. The second kappa shape index (κ2) is 5.82. The minimum Gasteiger partial charge on any atom is -0.378 e. The summed E-state index contributed by atoms with van der Waals surface area (Å²) in [7, 11) is 1.62. The minimum atomic E-state index is 0.391. The van der Waals surface area contributed by atoms with Crippen LogP contribution in [0.15, 0.2) is 42.6 Å². The van der Waals surface area contributed by atoms with Crippen LogP contribution >= 0.6 is 0 Å². The average Bonchev–Trinajstić information content (AvgIpc) is 2.54. The molecule has 2 heterocycles. The number of benzene rings is 1. The van der Waals surface area contributed by atoms with Crippen LogP contribution in [0.3, 0.4) is 0 Å². The van der Waals surface area contributed by atoms with Crippen molar-refractivity contribution in [2.75, 3.05) is 12.5 Å². The highest BCUT2D eigenvalue weighted by Gasteiger charge is 2.10. The zero-order chi connectivity index (χ0) is 14.7. The van der Waals surface area contributed by atoms with Gasteiger partial charge in [-0.1, -0.05) is 18.2 Å². The molecule has 0 atom stereocenters. The summed E-state index contributed by atoms with van der Waals surface area (Å²) in [6.07, 6.45) is 1.76. The van der Waals surface area contributed by atoms with Crippen LogP contribution in [-0.2, 0) is 11.3 Å². The Hall–Kier alpha value is -2.57. The molecule has 3 rings (SSSR count). The number of rotatable bonds is 4. The maximum atomic E-state index is 5.48. The summed E-state index contributed by atoms with van der Waals surface area (Å²) < 4.78 is 5.13. The van der Waals surface area contributed by atoms with Crippen LogP contribution in [0, 0.1) is 0 Å². The van der Waals surface area contributed by atoms with Gasteiger partial charge in [0.15, 0.2) is 5.82 Å². The molecule has 0 fully saturated rings. The van der Waals surface area contributed by atoms with E-state index in [0.29, 0.717) is 18.2 Å². The summed E-state index contributed by atoms with van der Waals surface area (Å²) >= 11 is 0. The molecule has 21 heavy (non-hydrogen) atoms. The second-order valence-corrected chi connectivity index (χ2v) is 4.53. The molecule has 0 radical (unpaired) electrons. The lowest BCUT2D eigenvalue weighted by atomic mass is 10.1. The van der Waals surface area contributed by atoms with Crippen LogP contribution in [-0.4, -0.2) is 22.1 Å². The SMILES string of the molecule is COCc1cc(NN)nc(-c2cccc3cccnc23)n1. The number of fused-ring (bicyclic) bond motifs is 1. The number of nitrogens with two attached hydrogens (primary N) is 1. The van der Waals surface area contributed by atoms with Crippen molar-refractivity contribution >= 4 is 16.7 Å². The number of methoxy groups -OCH3 is 1. The molecular weight excluding hydrogens is 266 g/mol. The van der Waals surface area contributed by atoms with Crippen LogP contribution in [0.4, 0.5) is 5.82 Å². The minimum absolute atomic E-state index is 0.391. The highest BCUT2D eigenvalue weighted by Crippen LogP contribution is 2.25. The second-order valence-electron chi connectivity index (χ2n) is 4.53. The number of aromatic nitrogens is 3. The lowest BCUT2D eigenvalue weighted by molar-refractivity contribution is 0.181. The number of ether oxygens (including phenoxy) is 1. The van der Waals surface area contributed by atoms with Gasteiger partial charge in [0.25, 0.3) is 0 Å². The number of hydrazine groups is 1. The quantitative estimate of drug-likeness (QED) is 0.563. The van der Waals surface area contributed by atoms with E-state index in [0.717, 1.165) is 22.2 Å². The number of nitrogens with one attached hydrogen (secondary N) is 1. The molecule has 0 saturated heterocycles. The van der Waals surface area contributed by atoms with Gasteiger partial charge in [0, 0.05) is 30.3 Å². The summed E-state index contributed by atoms with van der Waals surface area (Å²) in [5.74, 6) is 6.59. The molecule has 0 spiro atoms.